The van der Waals surface area contributed by atoms with Crippen LogP contribution in [0.5, 0.6) is 0 Å². The summed E-state index contributed by atoms with van der Waals surface area (Å²) in [5.74, 6) is 0.480. The fraction of sp³-hybridized carbons (Fsp3) is 0.750. The summed E-state index contributed by atoms with van der Waals surface area (Å²) < 4.78 is 0. The van der Waals surface area contributed by atoms with Gasteiger partial charge in [-0.05, 0) is 18.6 Å². The molecule has 0 radical (unpaired) electrons. The third kappa shape index (κ3) is 2.89. The number of hydrogen-bond donors (Lipinski definition) is 0. The lowest BCUT2D eigenvalue weighted by Gasteiger charge is -2.35. The Kier molecular flexibility index (Phi) is 4.20. The number of thioether (sulfide) groups is 1. The summed E-state index contributed by atoms with van der Waals surface area (Å²) in [7, 11) is 0. The van der Waals surface area contributed by atoms with Crippen LogP contribution in [0.15, 0.2) is 4.99 Å². The van der Waals surface area contributed by atoms with Crippen molar-refractivity contribution in [2.45, 2.75) is 51.5 Å². The topological polar surface area (TPSA) is 49.7 Å². The third-order valence-electron chi connectivity index (χ3n) is 3.21. The molecule has 0 spiro atoms. The first-order valence-electron chi connectivity index (χ1n) is 6.28. The minimum absolute atomic E-state index is 0.0513. The molecule has 2 rings (SSSR count). The molecular weight excluding hydrogens is 236 g/mol. The average Bonchev–Trinajstić information content (AvgIpc) is 2.30. The number of carbonyl (C=O) groups is 2. The van der Waals surface area contributed by atoms with Crippen molar-refractivity contribution in [3.05, 3.63) is 0 Å². The van der Waals surface area contributed by atoms with Crippen LogP contribution in [-0.4, -0.2) is 33.7 Å². The third-order valence-corrected chi connectivity index (χ3v) is 4.05. The summed E-state index contributed by atoms with van der Waals surface area (Å²) >= 11 is 1.50. The highest BCUT2D eigenvalue weighted by atomic mass is 32.2. The van der Waals surface area contributed by atoms with Crippen LogP contribution in [0.3, 0.4) is 0 Å². The van der Waals surface area contributed by atoms with Gasteiger partial charge >= 0.3 is 0 Å². The fourth-order valence-corrected chi connectivity index (χ4v) is 3.27. The van der Waals surface area contributed by atoms with Crippen molar-refractivity contribution in [2.75, 3.05) is 5.75 Å². The molecule has 1 aliphatic carbocycles. The van der Waals surface area contributed by atoms with Gasteiger partial charge in [0.1, 0.15) is 6.42 Å². The number of hydrogen-bond acceptors (Lipinski definition) is 3. The molecule has 1 aliphatic heterocycles. The van der Waals surface area contributed by atoms with E-state index in [2.05, 4.69) is 4.99 Å². The predicted molar refractivity (Wildman–Crippen MR) is 68.9 cm³/mol. The molecule has 0 atom stereocenters. The molecule has 2 amide bonds. The summed E-state index contributed by atoms with van der Waals surface area (Å²) in [6.45, 7) is 2.01. The highest BCUT2D eigenvalue weighted by Crippen LogP contribution is 2.27. The van der Waals surface area contributed by atoms with Crippen LogP contribution in [0.4, 0.5) is 0 Å². The van der Waals surface area contributed by atoms with Gasteiger partial charge in [0.2, 0.25) is 5.91 Å². The largest absolute Gasteiger partial charge is 0.288 e. The molecule has 0 bridgehead atoms. The average molecular weight is 254 g/mol. The minimum atomic E-state index is -0.294. The SMILES string of the molecule is CCSC1=NC(=O)CC(=O)N1C1CCCCC1. The Bertz CT molecular complexity index is 348. The first kappa shape index (κ1) is 12.6. The fourth-order valence-electron chi connectivity index (χ4n) is 2.45. The monoisotopic (exact) mass is 254 g/mol. The molecule has 4 nitrogen and oxygen atoms in total. The first-order chi connectivity index (χ1) is 8.22. The van der Waals surface area contributed by atoms with Crippen LogP contribution < -0.4 is 0 Å². The zero-order valence-corrected chi connectivity index (χ0v) is 11.0. The summed E-state index contributed by atoms with van der Waals surface area (Å²) in [6.07, 6.45) is 5.64. The first-order valence-corrected chi connectivity index (χ1v) is 7.27. The predicted octanol–water partition coefficient (Wildman–Crippen LogP) is 2.19. The molecule has 0 saturated heterocycles. The molecule has 1 fully saturated rings. The Morgan fingerprint density at radius 3 is 2.65 bits per heavy atom. The van der Waals surface area contributed by atoms with E-state index in [9.17, 15) is 9.59 Å². The normalized spacial score (nSPS) is 22.9. The van der Waals surface area contributed by atoms with Crippen LogP contribution in [0.25, 0.3) is 0 Å². The second-order valence-electron chi connectivity index (χ2n) is 4.45. The smallest absolute Gasteiger partial charge is 0.257 e. The number of amidine groups is 1. The van der Waals surface area contributed by atoms with Crippen molar-refractivity contribution in [3.63, 3.8) is 0 Å². The molecule has 0 N–H and O–H groups in total. The van der Waals surface area contributed by atoms with Crippen molar-refractivity contribution in [1.29, 1.82) is 0 Å². The van der Waals surface area contributed by atoms with Crippen LogP contribution in [0.2, 0.25) is 0 Å². The van der Waals surface area contributed by atoms with E-state index in [-0.39, 0.29) is 24.3 Å². The second-order valence-corrected chi connectivity index (χ2v) is 5.68. The standard InChI is InChI=1S/C12H18N2O2S/c1-2-17-12-13-10(15)8-11(16)14(12)9-6-4-3-5-7-9/h9H,2-8H2,1H3. The van der Waals surface area contributed by atoms with Gasteiger partial charge in [0, 0.05) is 6.04 Å². The molecule has 1 heterocycles. The molecule has 0 aromatic heterocycles. The zero-order valence-electron chi connectivity index (χ0n) is 10.1. The summed E-state index contributed by atoms with van der Waals surface area (Å²) in [5.41, 5.74) is 0. The number of nitrogens with zero attached hydrogens (tertiary/aromatic N) is 2. The number of aliphatic imine (C=N–C) groups is 1. The van der Waals surface area contributed by atoms with E-state index in [0.717, 1.165) is 18.6 Å². The van der Waals surface area contributed by atoms with E-state index in [4.69, 9.17) is 0 Å². The van der Waals surface area contributed by atoms with E-state index < -0.39 is 0 Å². The second kappa shape index (κ2) is 5.67. The molecule has 0 aromatic rings. The maximum atomic E-state index is 12.0. The van der Waals surface area contributed by atoms with Gasteiger partial charge in [0.25, 0.3) is 5.91 Å². The van der Waals surface area contributed by atoms with Gasteiger partial charge in [-0.2, -0.15) is 4.99 Å². The molecule has 17 heavy (non-hydrogen) atoms. The highest BCUT2D eigenvalue weighted by Gasteiger charge is 2.33. The van der Waals surface area contributed by atoms with Crippen LogP contribution >= 0.6 is 11.8 Å². The summed E-state index contributed by atoms with van der Waals surface area (Å²) in [6, 6.07) is 0.266. The maximum absolute atomic E-state index is 12.0. The molecule has 0 unspecified atom stereocenters. The molecule has 5 heteroatoms. The Hall–Kier alpha value is -0.840. The summed E-state index contributed by atoms with van der Waals surface area (Å²) in [5, 5.41) is 0.626. The van der Waals surface area contributed by atoms with Gasteiger partial charge in [0.15, 0.2) is 5.17 Å². The summed E-state index contributed by atoms with van der Waals surface area (Å²) in [4.78, 5) is 29.2. The van der Waals surface area contributed by atoms with Crippen molar-refractivity contribution >= 4 is 28.7 Å². The minimum Gasteiger partial charge on any atom is -0.288 e. The van der Waals surface area contributed by atoms with Gasteiger partial charge in [-0.3, -0.25) is 14.5 Å². The lowest BCUT2D eigenvalue weighted by atomic mass is 9.94. The number of rotatable bonds is 2. The van der Waals surface area contributed by atoms with Gasteiger partial charge in [-0.25, -0.2) is 0 Å². The Labute approximate surface area is 106 Å². The molecule has 1 saturated carbocycles. The molecule has 2 aliphatic rings. The van der Waals surface area contributed by atoms with E-state index in [0.29, 0.717) is 5.17 Å². The quantitative estimate of drug-likeness (QED) is 0.710. The van der Waals surface area contributed by atoms with Crippen molar-refractivity contribution in [3.8, 4) is 0 Å². The van der Waals surface area contributed by atoms with Gasteiger partial charge in [0.05, 0.1) is 0 Å². The lowest BCUT2D eigenvalue weighted by Crippen LogP contribution is -2.47. The van der Waals surface area contributed by atoms with E-state index in [1.165, 1.54) is 31.0 Å². The van der Waals surface area contributed by atoms with Crippen molar-refractivity contribution in [1.82, 2.24) is 4.90 Å². The van der Waals surface area contributed by atoms with Gasteiger partial charge in [-0.1, -0.05) is 37.9 Å². The van der Waals surface area contributed by atoms with Crippen LogP contribution in [-0.2, 0) is 9.59 Å². The maximum Gasteiger partial charge on any atom is 0.257 e. The molecular formula is C12H18N2O2S. The van der Waals surface area contributed by atoms with E-state index in [1.807, 2.05) is 6.92 Å². The molecule has 0 aromatic carbocycles. The van der Waals surface area contributed by atoms with Gasteiger partial charge < -0.3 is 0 Å². The van der Waals surface area contributed by atoms with Crippen molar-refractivity contribution < 1.29 is 9.59 Å². The highest BCUT2D eigenvalue weighted by molar-refractivity contribution is 8.13. The Morgan fingerprint density at radius 1 is 1.29 bits per heavy atom. The van der Waals surface area contributed by atoms with Crippen LogP contribution in [0.1, 0.15) is 45.4 Å². The Balaban J connectivity index is 2.18. The van der Waals surface area contributed by atoms with E-state index in [1.54, 1.807) is 4.90 Å². The lowest BCUT2D eigenvalue weighted by molar-refractivity contribution is -0.134. The van der Waals surface area contributed by atoms with Crippen LogP contribution in [0, 0.1) is 0 Å². The number of carbonyl (C=O) groups excluding carboxylic acids is 2. The van der Waals surface area contributed by atoms with Gasteiger partial charge in [-0.15, -0.1) is 0 Å². The van der Waals surface area contributed by atoms with E-state index >= 15 is 0 Å². The molecule has 94 valence electrons. The Morgan fingerprint density at radius 2 is 2.00 bits per heavy atom. The number of amides is 2. The zero-order chi connectivity index (χ0) is 12.3. The van der Waals surface area contributed by atoms with Crippen molar-refractivity contribution in [2.24, 2.45) is 4.99 Å².